The lowest BCUT2D eigenvalue weighted by molar-refractivity contribution is -0.114. The average Bonchev–Trinajstić information content (AvgIpc) is 2.95. The van der Waals surface area contributed by atoms with Crippen molar-refractivity contribution in [1.29, 1.82) is 0 Å². The minimum absolute atomic E-state index is 0.0813. The van der Waals surface area contributed by atoms with Crippen molar-refractivity contribution in [1.82, 2.24) is 0 Å². The molecule has 0 unspecified atom stereocenters. The van der Waals surface area contributed by atoms with E-state index >= 15 is 0 Å². The summed E-state index contributed by atoms with van der Waals surface area (Å²) in [6, 6.07) is 33.2. The smallest absolute Gasteiger partial charge is 0.258 e. The zero-order valence-electron chi connectivity index (χ0n) is 20.6. The second kappa shape index (κ2) is 12.8. The van der Waals surface area contributed by atoms with Gasteiger partial charge in [-0.2, -0.15) is 0 Å². The molecule has 0 aliphatic heterocycles. The zero-order chi connectivity index (χ0) is 25.9. The first-order valence-electron chi connectivity index (χ1n) is 12.0. The van der Waals surface area contributed by atoms with Gasteiger partial charge in [-0.05, 0) is 60.7 Å². The number of anilines is 3. The SMILES string of the molecule is CN(C(=O)c1ccc(NC(=O)CNc2cccc(OCCOc3ccccc3)c2)cc1)c1ccccc1. The Balaban J connectivity index is 1.21. The van der Waals surface area contributed by atoms with E-state index in [1.54, 1.807) is 36.2 Å². The Morgan fingerprint density at radius 1 is 0.703 bits per heavy atom. The van der Waals surface area contributed by atoms with Crippen molar-refractivity contribution >= 4 is 28.9 Å². The van der Waals surface area contributed by atoms with Gasteiger partial charge in [0.15, 0.2) is 0 Å². The van der Waals surface area contributed by atoms with Gasteiger partial charge in [0.05, 0.1) is 6.54 Å². The van der Waals surface area contributed by atoms with Gasteiger partial charge in [-0.25, -0.2) is 0 Å². The Labute approximate surface area is 216 Å². The fourth-order valence-corrected chi connectivity index (χ4v) is 3.58. The van der Waals surface area contributed by atoms with Gasteiger partial charge in [-0.3, -0.25) is 9.59 Å². The van der Waals surface area contributed by atoms with E-state index in [0.29, 0.717) is 30.2 Å². The number of hydrogen-bond acceptors (Lipinski definition) is 5. The largest absolute Gasteiger partial charge is 0.490 e. The molecule has 2 amide bonds. The lowest BCUT2D eigenvalue weighted by Crippen LogP contribution is -2.26. The Morgan fingerprint density at radius 3 is 2.03 bits per heavy atom. The fourth-order valence-electron chi connectivity index (χ4n) is 3.58. The topological polar surface area (TPSA) is 79.9 Å². The number of carbonyl (C=O) groups excluding carboxylic acids is 2. The second-order valence-electron chi connectivity index (χ2n) is 8.22. The van der Waals surface area contributed by atoms with E-state index in [9.17, 15) is 9.59 Å². The molecule has 7 heteroatoms. The summed E-state index contributed by atoms with van der Waals surface area (Å²) in [5.74, 6) is 1.15. The maximum Gasteiger partial charge on any atom is 0.258 e. The quantitative estimate of drug-likeness (QED) is 0.270. The molecule has 188 valence electrons. The molecule has 0 radical (unpaired) electrons. The second-order valence-corrected chi connectivity index (χ2v) is 8.22. The average molecular weight is 496 g/mol. The van der Waals surface area contributed by atoms with E-state index in [-0.39, 0.29) is 18.4 Å². The van der Waals surface area contributed by atoms with Crippen LogP contribution in [0, 0.1) is 0 Å². The number of para-hydroxylation sites is 2. The van der Waals surface area contributed by atoms with Crippen molar-refractivity contribution in [3.63, 3.8) is 0 Å². The van der Waals surface area contributed by atoms with E-state index in [0.717, 1.165) is 17.1 Å². The van der Waals surface area contributed by atoms with Crippen LogP contribution in [-0.2, 0) is 4.79 Å². The molecule has 4 aromatic rings. The van der Waals surface area contributed by atoms with Gasteiger partial charge < -0.3 is 25.0 Å². The minimum Gasteiger partial charge on any atom is -0.490 e. The standard InChI is InChI=1S/C30H29N3O4/c1-33(26-10-4-2-5-11-26)30(35)23-15-17-24(18-16-23)32-29(34)22-31-25-9-8-14-28(21-25)37-20-19-36-27-12-6-3-7-13-27/h2-18,21,31H,19-20,22H2,1H3,(H,32,34). The van der Waals surface area contributed by atoms with Crippen LogP contribution in [0.4, 0.5) is 17.1 Å². The van der Waals surface area contributed by atoms with Gasteiger partial charge >= 0.3 is 0 Å². The van der Waals surface area contributed by atoms with Crippen LogP contribution in [0.1, 0.15) is 10.4 Å². The highest BCUT2D eigenvalue weighted by molar-refractivity contribution is 6.06. The highest BCUT2D eigenvalue weighted by Crippen LogP contribution is 2.19. The Bertz CT molecular complexity index is 1300. The van der Waals surface area contributed by atoms with Gasteiger partial charge in [0.1, 0.15) is 24.7 Å². The monoisotopic (exact) mass is 495 g/mol. The predicted molar refractivity (Wildman–Crippen MR) is 147 cm³/mol. The molecule has 0 spiro atoms. The number of carbonyl (C=O) groups is 2. The van der Waals surface area contributed by atoms with Crippen molar-refractivity contribution in [2.75, 3.05) is 42.3 Å². The van der Waals surface area contributed by atoms with Crippen LogP contribution >= 0.6 is 0 Å². The number of hydrogen-bond donors (Lipinski definition) is 2. The lowest BCUT2D eigenvalue weighted by Gasteiger charge is -2.17. The van der Waals surface area contributed by atoms with Crippen LogP contribution in [0.15, 0.2) is 109 Å². The van der Waals surface area contributed by atoms with Gasteiger partial charge in [-0.15, -0.1) is 0 Å². The first-order chi connectivity index (χ1) is 18.1. The Kier molecular flexibility index (Phi) is 8.75. The van der Waals surface area contributed by atoms with Crippen LogP contribution in [0.2, 0.25) is 0 Å². The van der Waals surface area contributed by atoms with Gasteiger partial charge in [0.2, 0.25) is 5.91 Å². The van der Waals surface area contributed by atoms with E-state index < -0.39 is 0 Å². The summed E-state index contributed by atoms with van der Waals surface area (Å²) in [6.07, 6.45) is 0. The first kappa shape index (κ1) is 25.3. The summed E-state index contributed by atoms with van der Waals surface area (Å²) >= 11 is 0. The molecule has 0 aromatic heterocycles. The van der Waals surface area contributed by atoms with Crippen molar-refractivity contribution in [2.45, 2.75) is 0 Å². The number of ether oxygens (including phenoxy) is 2. The Hall–Kier alpha value is -4.78. The lowest BCUT2D eigenvalue weighted by atomic mass is 10.1. The van der Waals surface area contributed by atoms with Crippen LogP contribution in [0.3, 0.4) is 0 Å². The van der Waals surface area contributed by atoms with Crippen LogP contribution < -0.4 is 25.0 Å². The van der Waals surface area contributed by atoms with Crippen molar-refractivity contribution in [3.8, 4) is 11.5 Å². The summed E-state index contributed by atoms with van der Waals surface area (Å²) in [5.41, 5.74) is 2.72. The summed E-state index contributed by atoms with van der Waals surface area (Å²) in [5, 5.41) is 5.94. The van der Waals surface area contributed by atoms with Crippen LogP contribution in [-0.4, -0.2) is 38.6 Å². The number of nitrogens with zero attached hydrogens (tertiary/aromatic N) is 1. The van der Waals surface area contributed by atoms with Crippen LogP contribution in [0.25, 0.3) is 0 Å². The van der Waals surface area contributed by atoms with Crippen molar-refractivity contribution in [2.24, 2.45) is 0 Å². The third kappa shape index (κ3) is 7.60. The molecular formula is C30H29N3O4. The van der Waals surface area contributed by atoms with Gasteiger partial charge in [0, 0.05) is 35.7 Å². The summed E-state index contributed by atoms with van der Waals surface area (Å²) < 4.78 is 11.4. The van der Waals surface area contributed by atoms with E-state index in [2.05, 4.69) is 10.6 Å². The normalized spacial score (nSPS) is 10.3. The maximum absolute atomic E-state index is 12.7. The fraction of sp³-hybridized carbons (Fsp3) is 0.133. The highest BCUT2D eigenvalue weighted by atomic mass is 16.5. The Morgan fingerprint density at radius 2 is 1.32 bits per heavy atom. The molecule has 37 heavy (non-hydrogen) atoms. The molecule has 2 N–H and O–H groups in total. The minimum atomic E-state index is -0.205. The molecule has 4 rings (SSSR count). The third-order valence-corrected chi connectivity index (χ3v) is 5.51. The van der Waals surface area contributed by atoms with E-state index in [1.165, 1.54) is 0 Å². The number of benzene rings is 4. The predicted octanol–water partition coefficient (Wildman–Crippen LogP) is 5.47. The maximum atomic E-state index is 12.7. The number of amides is 2. The molecule has 4 aromatic carbocycles. The molecule has 0 saturated carbocycles. The molecule has 0 aliphatic carbocycles. The summed E-state index contributed by atoms with van der Waals surface area (Å²) in [4.78, 5) is 26.7. The van der Waals surface area contributed by atoms with Gasteiger partial charge in [0.25, 0.3) is 5.91 Å². The molecule has 0 aliphatic rings. The molecule has 0 heterocycles. The van der Waals surface area contributed by atoms with Gasteiger partial charge in [-0.1, -0.05) is 42.5 Å². The molecule has 0 saturated heterocycles. The summed E-state index contributed by atoms with van der Waals surface area (Å²) in [7, 11) is 1.73. The molecule has 0 fully saturated rings. The molecular weight excluding hydrogens is 466 g/mol. The van der Waals surface area contributed by atoms with Crippen molar-refractivity contribution in [3.05, 3.63) is 115 Å². The molecule has 7 nitrogen and oxygen atoms in total. The van der Waals surface area contributed by atoms with E-state index in [1.807, 2.05) is 84.9 Å². The molecule has 0 bridgehead atoms. The molecule has 0 atom stereocenters. The summed E-state index contributed by atoms with van der Waals surface area (Å²) in [6.45, 7) is 0.910. The van der Waals surface area contributed by atoms with Crippen LogP contribution in [0.5, 0.6) is 11.5 Å². The van der Waals surface area contributed by atoms with E-state index in [4.69, 9.17) is 9.47 Å². The number of nitrogens with one attached hydrogen (secondary N) is 2. The third-order valence-electron chi connectivity index (χ3n) is 5.51. The number of rotatable bonds is 11. The first-order valence-corrected chi connectivity index (χ1v) is 12.0. The zero-order valence-corrected chi connectivity index (χ0v) is 20.6. The highest BCUT2D eigenvalue weighted by Gasteiger charge is 2.13. The van der Waals surface area contributed by atoms with Crippen molar-refractivity contribution < 1.29 is 19.1 Å².